The van der Waals surface area contributed by atoms with E-state index in [1.54, 1.807) is 22.3 Å². The smallest absolute Gasteiger partial charge is 0.331 e. The summed E-state index contributed by atoms with van der Waals surface area (Å²) in [7, 11) is 0. The first-order valence-corrected chi connectivity index (χ1v) is 12.0. The van der Waals surface area contributed by atoms with Crippen molar-refractivity contribution in [3.63, 3.8) is 0 Å². The standard InChI is InChI=1S/C27H26N2O4S/c30-25(29-17-15-21(16-18-29)27(32)28-22-9-5-2-6-10-22)19-33-26(31)14-12-23-11-13-24(34-23)20-7-3-1-4-8-20/h1-14,21H,15-19H2,(H,28,32)/b14-12+. The fourth-order valence-corrected chi connectivity index (χ4v) is 4.70. The zero-order valence-corrected chi connectivity index (χ0v) is 19.5. The van der Waals surface area contributed by atoms with E-state index in [2.05, 4.69) is 5.32 Å². The molecule has 0 unspecified atom stereocenters. The van der Waals surface area contributed by atoms with Crippen LogP contribution in [0.4, 0.5) is 5.69 Å². The van der Waals surface area contributed by atoms with Gasteiger partial charge in [-0.1, -0.05) is 48.5 Å². The summed E-state index contributed by atoms with van der Waals surface area (Å²) in [5.41, 5.74) is 1.89. The number of likely N-dealkylation sites (tertiary alicyclic amines) is 1. The lowest BCUT2D eigenvalue weighted by Crippen LogP contribution is -2.43. The largest absolute Gasteiger partial charge is 0.452 e. The van der Waals surface area contributed by atoms with Gasteiger partial charge < -0.3 is 15.0 Å². The van der Waals surface area contributed by atoms with Crippen molar-refractivity contribution in [1.82, 2.24) is 4.90 Å². The summed E-state index contributed by atoms with van der Waals surface area (Å²) >= 11 is 1.58. The van der Waals surface area contributed by atoms with Crippen LogP contribution < -0.4 is 5.32 Å². The van der Waals surface area contributed by atoms with Crippen LogP contribution in [0.15, 0.2) is 78.9 Å². The molecule has 1 saturated heterocycles. The molecule has 0 saturated carbocycles. The average molecular weight is 475 g/mol. The zero-order valence-electron chi connectivity index (χ0n) is 18.7. The maximum absolute atomic E-state index is 12.4. The molecule has 2 heterocycles. The second-order valence-corrected chi connectivity index (χ2v) is 9.13. The average Bonchev–Trinajstić information content (AvgIpc) is 3.36. The summed E-state index contributed by atoms with van der Waals surface area (Å²) in [6.07, 6.45) is 4.20. The highest BCUT2D eigenvalue weighted by Crippen LogP contribution is 2.28. The summed E-state index contributed by atoms with van der Waals surface area (Å²) in [6.45, 7) is 0.636. The fraction of sp³-hybridized carbons (Fsp3) is 0.222. The molecule has 34 heavy (non-hydrogen) atoms. The molecular weight excluding hydrogens is 448 g/mol. The highest BCUT2D eigenvalue weighted by atomic mass is 32.1. The van der Waals surface area contributed by atoms with Crippen molar-refractivity contribution < 1.29 is 19.1 Å². The van der Waals surface area contributed by atoms with Gasteiger partial charge in [-0.25, -0.2) is 4.79 Å². The van der Waals surface area contributed by atoms with E-state index in [1.807, 2.05) is 72.8 Å². The van der Waals surface area contributed by atoms with Gasteiger partial charge in [0.2, 0.25) is 5.91 Å². The molecule has 0 bridgehead atoms. The van der Waals surface area contributed by atoms with Crippen LogP contribution in [-0.2, 0) is 19.1 Å². The van der Waals surface area contributed by atoms with Crippen molar-refractivity contribution in [2.45, 2.75) is 12.8 Å². The molecule has 1 fully saturated rings. The van der Waals surface area contributed by atoms with Crippen LogP contribution in [0.2, 0.25) is 0 Å². The van der Waals surface area contributed by atoms with Gasteiger partial charge in [0.25, 0.3) is 5.91 Å². The Morgan fingerprint density at radius 1 is 0.941 bits per heavy atom. The molecule has 2 amide bonds. The monoisotopic (exact) mass is 474 g/mol. The number of ether oxygens (including phenoxy) is 1. The zero-order chi connectivity index (χ0) is 23.8. The summed E-state index contributed by atoms with van der Waals surface area (Å²) in [6, 6.07) is 23.3. The second kappa shape index (κ2) is 11.4. The Labute approximate surface area is 202 Å². The fourth-order valence-electron chi connectivity index (χ4n) is 3.78. The topological polar surface area (TPSA) is 75.7 Å². The number of piperidine rings is 1. The number of nitrogens with zero attached hydrogens (tertiary/aromatic N) is 1. The van der Waals surface area contributed by atoms with Crippen molar-refractivity contribution >= 4 is 40.9 Å². The number of carbonyl (C=O) groups is 3. The number of amides is 2. The maximum Gasteiger partial charge on any atom is 0.331 e. The van der Waals surface area contributed by atoms with E-state index in [9.17, 15) is 14.4 Å². The van der Waals surface area contributed by atoms with Gasteiger partial charge in [0.05, 0.1) is 0 Å². The molecule has 174 valence electrons. The van der Waals surface area contributed by atoms with E-state index in [0.29, 0.717) is 25.9 Å². The molecule has 0 atom stereocenters. The highest BCUT2D eigenvalue weighted by Gasteiger charge is 2.27. The summed E-state index contributed by atoms with van der Waals surface area (Å²) in [5, 5.41) is 2.92. The van der Waals surface area contributed by atoms with Crippen LogP contribution in [0.5, 0.6) is 0 Å². The first kappa shape index (κ1) is 23.4. The minimum absolute atomic E-state index is 0.0288. The number of benzene rings is 2. The van der Waals surface area contributed by atoms with E-state index in [-0.39, 0.29) is 24.3 Å². The number of carbonyl (C=O) groups excluding carboxylic acids is 3. The Bertz CT molecular complexity index is 1150. The third-order valence-electron chi connectivity index (χ3n) is 5.67. The first-order chi connectivity index (χ1) is 16.6. The molecule has 6 nitrogen and oxygen atoms in total. The van der Waals surface area contributed by atoms with Gasteiger partial charge in [-0.3, -0.25) is 9.59 Å². The first-order valence-electron chi connectivity index (χ1n) is 11.2. The molecule has 4 rings (SSSR count). The molecule has 1 aliphatic heterocycles. The van der Waals surface area contributed by atoms with E-state index >= 15 is 0 Å². The molecule has 0 spiro atoms. The SMILES string of the molecule is O=C(/C=C/c1ccc(-c2ccccc2)s1)OCC(=O)N1CCC(C(=O)Nc2ccccc2)CC1. The van der Waals surface area contributed by atoms with E-state index in [0.717, 1.165) is 21.0 Å². The van der Waals surface area contributed by atoms with Gasteiger partial charge in [-0.15, -0.1) is 11.3 Å². The number of anilines is 1. The van der Waals surface area contributed by atoms with Crippen LogP contribution in [0.3, 0.4) is 0 Å². The quantitative estimate of drug-likeness (QED) is 0.392. The van der Waals surface area contributed by atoms with Crippen molar-refractivity contribution in [2.24, 2.45) is 5.92 Å². The predicted octanol–water partition coefficient (Wildman–Crippen LogP) is 4.85. The number of esters is 1. The summed E-state index contributed by atoms with van der Waals surface area (Å²) < 4.78 is 5.13. The Morgan fingerprint density at radius 3 is 2.32 bits per heavy atom. The van der Waals surface area contributed by atoms with Crippen LogP contribution in [-0.4, -0.2) is 42.4 Å². The van der Waals surface area contributed by atoms with Crippen molar-refractivity contribution in [1.29, 1.82) is 0 Å². The van der Waals surface area contributed by atoms with Gasteiger partial charge >= 0.3 is 5.97 Å². The Hall–Kier alpha value is -3.71. The van der Waals surface area contributed by atoms with Gasteiger partial charge in [0.15, 0.2) is 6.61 Å². The van der Waals surface area contributed by atoms with Gasteiger partial charge in [-0.2, -0.15) is 0 Å². The third-order valence-corrected chi connectivity index (χ3v) is 6.77. The van der Waals surface area contributed by atoms with Crippen LogP contribution in [0.1, 0.15) is 17.7 Å². The lowest BCUT2D eigenvalue weighted by Gasteiger charge is -2.31. The minimum Gasteiger partial charge on any atom is -0.452 e. The number of nitrogens with one attached hydrogen (secondary N) is 1. The van der Waals surface area contributed by atoms with Gasteiger partial charge in [0.1, 0.15) is 0 Å². The number of hydrogen-bond donors (Lipinski definition) is 1. The molecule has 1 aromatic heterocycles. The number of rotatable bonds is 7. The van der Waals surface area contributed by atoms with E-state index in [1.165, 1.54) is 6.08 Å². The maximum atomic E-state index is 12.4. The third kappa shape index (κ3) is 6.42. The lowest BCUT2D eigenvalue weighted by atomic mass is 9.95. The molecule has 7 heteroatoms. The van der Waals surface area contributed by atoms with Crippen molar-refractivity contribution in [3.8, 4) is 10.4 Å². The molecule has 1 aliphatic rings. The molecule has 3 aromatic rings. The molecular formula is C27H26N2O4S. The lowest BCUT2D eigenvalue weighted by molar-refractivity contribution is -0.149. The van der Waals surface area contributed by atoms with Crippen LogP contribution in [0.25, 0.3) is 16.5 Å². The molecule has 1 N–H and O–H groups in total. The molecule has 0 radical (unpaired) electrons. The van der Waals surface area contributed by atoms with Crippen molar-refractivity contribution in [3.05, 3.63) is 83.7 Å². The molecule has 2 aromatic carbocycles. The van der Waals surface area contributed by atoms with Gasteiger partial charge in [0, 0.05) is 40.5 Å². The van der Waals surface area contributed by atoms with E-state index < -0.39 is 5.97 Å². The minimum atomic E-state index is -0.555. The Kier molecular flexibility index (Phi) is 7.88. The summed E-state index contributed by atoms with van der Waals surface area (Å²) in [5.74, 6) is -0.966. The van der Waals surface area contributed by atoms with Crippen molar-refractivity contribution in [2.75, 3.05) is 25.0 Å². The predicted molar refractivity (Wildman–Crippen MR) is 134 cm³/mol. The molecule has 0 aliphatic carbocycles. The van der Waals surface area contributed by atoms with Crippen LogP contribution >= 0.6 is 11.3 Å². The number of hydrogen-bond acceptors (Lipinski definition) is 5. The Balaban J connectivity index is 1.19. The number of thiophene rings is 1. The Morgan fingerprint density at radius 2 is 1.62 bits per heavy atom. The van der Waals surface area contributed by atoms with E-state index in [4.69, 9.17) is 4.74 Å². The highest BCUT2D eigenvalue weighted by molar-refractivity contribution is 7.16. The summed E-state index contributed by atoms with van der Waals surface area (Å²) in [4.78, 5) is 40.6. The number of para-hydroxylation sites is 1. The second-order valence-electron chi connectivity index (χ2n) is 8.02. The van der Waals surface area contributed by atoms with Crippen LogP contribution in [0, 0.1) is 5.92 Å². The van der Waals surface area contributed by atoms with Gasteiger partial charge in [-0.05, 0) is 48.7 Å². The normalized spacial score (nSPS) is 14.2.